The second-order valence-corrected chi connectivity index (χ2v) is 7.45. The van der Waals surface area contributed by atoms with Crippen LogP contribution in [0, 0.1) is 10.1 Å². The molecular weight excluding hydrogens is 418 g/mol. The first-order valence-corrected chi connectivity index (χ1v) is 10.0. The van der Waals surface area contributed by atoms with Crippen molar-refractivity contribution in [2.75, 3.05) is 0 Å². The Morgan fingerprint density at radius 2 is 1.77 bits per heavy atom. The fraction of sp³-hybridized carbons (Fsp3) is 0.130. The molecule has 7 nitrogen and oxygen atoms in total. The molecule has 0 radical (unpaired) electrons. The zero-order valence-electron chi connectivity index (χ0n) is 16.4. The number of pyridine rings is 1. The van der Waals surface area contributed by atoms with Crippen LogP contribution in [0.5, 0.6) is 5.75 Å². The largest absolute Gasteiger partial charge is 0.427 e. The quantitative estimate of drug-likeness (QED) is 0.166. The van der Waals surface area contributed by atoms with Crippen LogP contribution in [-0.2, 0) is 11.2 Å². The summed E-state index contributed by atoms with van der Waals surface area (Å²) in [7, 11) is 0. The number of ether oxygens (including phenoxy) is 1. The zero-order valence-corrected chi connectivity index (χ0v) is 17.2. The van der Waals surface area contributed by atoms with Crippen molar-refractivity contribution in [2.45, 2.75) is 19.3 Å². The maximum Gasteiger partial charge on any atom is 0.311 e. The molecule has 0 unspecified atom stereocenters. The van der Waals surface area contributed by atoms with Gasteiger partial charge in [0, 0.05) is 29.3 Å². The predicted molar refractivity (Wildman–Crippen MR) is 117 cm³/mol. The molecular formula is C23H18ClN3O4. The standard InChI is InChI=1S/C23H18ClN3O4/c24-18-8-4-16(5-9-18)2-1-3-23(28)31-20-11-6-17(7-12-20)21-15-26-14-19(27(29)30)10-13-22(26)25-21/h4-15H,1-3H2. The summed E-state index contributed by atoms with van der Waals surface area (Å²) in [5.41, 5.74) is 3.21. The van der Waals surface area contributed by atoms with E-state index in [0.717, 1.165) is 17.5 Å². The van der Waals surface area contributed by atoms with Crippen LogP contribution in [0.15, 0.2) is 73.1 Å². The van der Waals surface area contributed by atoms with E-state index >= 15 is 0 Å². The number of hydrogen-bond acceptors (Lipinski definition) is 5. The van der Waals surface area contributed by atoms with Crippen molar-refractivity contribution >= 4 is 28.9 Å². The van der Waals surface area contributed by atoms with E-state index in [4.69, 9.17) is 16.3 Å². The van der Waals surface area contributed by atoms with Gasteiger partial charge in [0.25, 0.3) is 5.69 Å². The van der Waals surface area contributed by atoms with Gasteiger partial charge in [0.2, 0.25) is 0 Å². The summed E-state index contributed by atoms with van der Waals surface area (Å²) < 4.78 is 7.02. The van der Waals surface area contributed by atoms with Crippen molar-refractivity contribution in [1.29, 1.82) is 0 Å². The van der Waals surface area contributed by atoms with Crippen molar-refractivity contribution in [1.82, 2.24) is 9.38 Å². The summed E-state index contributed by atoms with van der Waals surface area (Å²) in [4.78, 5) is 27.1. The molecule has 0 atom stereocenters. The van der Waals surface area contributed by atoms with Crippen LogP contribution >= 0.6 is 11.6 Å². The van der Waals surface area contributed by atoms with Gasteiger partial charge >= 0.3 is 5.97 Å². The topological polar surface area (TPSA) is 86.7 Å². The Kier molecular flexibility index (Phi) is 5.95. The summed E-state index contributed by atoms with van der Waals surface area (Å²) in [6.45, 7) is 0. The summed E-state index contributed by atoms with van der Waals surface area (Å²) in [5.74, 6) is 0.168. The van der Waals surface area contributed by atoms with Crippen molar-refractivity contribution in [3.63, 3.8) is 0 Å². The van der Waals surface area contributed by atoms with Crippen LogP contribution in [-0.4, -0.2) is 20.3 Å². The molecule has 0 amide bonds. The lowest BCUT2D eigenvalue weighted by atomic mass is 10.1. The van der Waals surface area contributed by atoms with Crippen molar-refractivity contribution in [2.24, 2.45) is 0 Å². The number of hydrogen-bond donors (Lipinski definition) is 0. The van der Waals surface area contributed by atoms with Crippen LogP contribution in [0.1, 0.15) is 18.4 Å². The third-order valence-electron chi connectivity index (χ3n) is 4.79. The van der Waals surface area contributed by atoms with Crippen LogP contribution < -0.4 is 4.74 Å². The van der Waals surface area contributed by atoms with E-state index in [2.05, 4.69) is 4.98 Å². The molecule has 0 aliphatic rings. The lowest BCUT2D eigenvalue weighted by Crippen LogP contribution is -2.08. The Hall–Kier alpha value is -3.71. The number of halogens is 1. The smallest absolute Gasteiger partial charge is 0.311 e. The van der Waals surface area contributed by atoms with Gasteiger partial charge in [-0.15, -0.1) is 0 Å². The van der Waals surface area contributed by atoms with Gasteiger partial charge in [0.1, 0.15) is 11.4 Å². The second kappa shape index (κ2) is 8.97. The van der Waals surface area contributed by atoms with Crippen LogP contribution in [0.4, 0.5) is 5.69 Å². The number of carbonyl (C=O) groups excluding carboxylic acids is 1. The first-order valence-electron chi connectivity index (χ1n) is 9.67. The van der Waals surface area contributed by atoms with Gasteiger partial charge in [-0.05, 0) is 60.9 Å². The monoisotopic (exact) mass is 435 g/mol. The normalized spacial score (nSPS) is 10.9. The van der Waals surface area contributed by atoms with Gasteiger partial charge in [-0.3, -0.25) is 19.3 Å². The van der Waals surface area contributed by atoms with E-state index < -0.39 is 4.92 Å². The molecule has 0 bridgehead atoms. The Bertz CT molecular complexity index is 1230. The van der Waals surface area contributed by atoms with Gasteiger partial charge in [0.15, 0.2) is 0 Å². The fourth-order valence-electron chi connectivity index (χ4n) is 3.19. The fourth-order valence-corrected chi connectivity index (χ4v) is 3.32. The van der Waals surface area contributed by atoms with Gasteiger partial charge in [-0.25, -0.2) is 4.98 Å². The summed E-state index contributed by atoms with van der Waals surface area (Å²) in [6, 6.07) is 17.6. The average molecular weight is 436 g/mol. The highest BCUT2D eigenvalue weighted by molar-refractivity contribution is 6.30. The third kappa shape index (κ3) is 5.07. The Morgan fingerprint density at radius 1 is 1.03 bits per heavy atom. The van der Waals surface area contributed by atoms with E-state index in [0.29, 0.717) is 35.0 Å². The molecule has 0 aliphatic heterocycles. The maximum absolute atomic E-state index is 12.1. The number of aromatic nitrogens is 2. The van der Waals surface area contributed by atoms with Gasteiger partial charge in [-0.1, -0.05) is 23.7 Å². The lowest BCUT2D eigenvalue weighted by Gasteiger charge is -2.05. The summed E-state index contributed by atoms with van der Waals surface area (Å²) >= 11 is 5.87. The van der Waals surface area contributed by atoms with Gasteiger partial charge in [0.05, 0.1) is 16.8 Å². The molecule has 0 fully saturated rings. The number of benzene rings is 2. The molecule has 0 saturated heterocycles. The first kappa shape index (κ1) is 20.6. The minimum atomic E-state index is -0.447. The Morgan fingerprint density at radius 3 is 2.48 bits per heavy atom. The first-order chi connectivity index (χ1) is 15.0. The molecule has 4 aromatic rings. The highest BCUT2D eigenvalue weighted by Crippen LogP contribution is 2.24. The minimum Gasteiger partial charge on any atom is -0.427 e. The predicted octanol–water partition coefficient (Wildman–Crippen LogP) is 5.49. The lowest BCUT2D eigenvalue weighted by molar-refractivity contribution is -0.385. The number of imidazole rings is 1. The highest BCUT2D eigenvalue weighted by Gasteiger charge is 2.11. The van der Waals surface area contributed by atoms with Crippen molar-refractivity contribution in [3.05, 3.63) is 93.8 Å². The molecule has 8 heteroatoms. The van der Waals surface area contributed by atoms with E-state index in [1.807, 2.05) is 24.3 Å². The van der Waals surface area contributed by atoms with Crippen molar-refractivity contribution < 1.29 is 14.5 Å². The number of aryl methyl sites for hydroxylation is 1. The molecule has 0 spiro atoms. The van der Waals surface area contributed by atoms with Crippen LogP contribution in [0.2, 0.25) is 5.02 Å². The Labute approximate surface area is 183 Å². The molecule has 2 aromatic carbocycles. The van der Waals surface area contributed by atoms with E-state index in [1.54, 1.807) is 40.9 Å². The number of rotatable bonds is 7. The highest BCUT2D eigenvalue weighted by atomic mass is 35.5. The second-order valence-electron chi connectivity index (χ2n) is 7.01. The molecule has 4 rings (SSSR count). The van der Waals surface area contributed by atoms with E-state index in [1.165, 1.54) is 12.3 Å². The molecule has 31 heavy (non-hydrogen) atoms. The summed E-state index contributed by atoms with van der Waals surface area (Å²) in [6.07, 6.45) is 4.92. The number of nitrogens with zero attached hydrogens (tertiary/aromatic N) is 3. The number of carbonyl (C=O) groups is 1. The Balaban J connectivity index is 1.35. The molecule has 2 heterocycles. The molecule has 0 saturated carbocycles. The SMILES string of the molecule is O=C(CCCc1ccc(Cl)cc1)Oc1ccc(-c2cn3cc([N+](=O)[O-])ccc3n2)cc1. The molecule has 0 N–H and O–H groups in total. The van der Waals surface area contributed by atoms with Crippen LogP contribution in [0.3, 0.4) is 0 Å². The molecule has 156 valence electrons. The van der Waals surface area contributed by atoms with E-state index in [-0.39, 0.29) is 11.7 Å². The minimum absolute atomic E-state index is 0.00484. The molecule has 0 aliphatic carbocycles. The van der Waals surface area contributed by atoms with E-state index in [9.17, 15) is 14.9 Å². The van der Waals surface area contributed by atoms with Crippen molar-refractivity contribution in [3.8, 4) is 17.0 Å². The third-order valence-corrected chi connectivity index (χ3v) is 5.04. The number of fused-ring (bicyclic) bond motifs is 1. The number of esters is 1. The van der Waals surface area contributed by atoms with Gasteiger partial charge in [-0.2, -0.15) is 0 Å². The van der Waals surface area contributed by atoms with Crippen LogP contribution in [0.25, 0.3) is 16.9 Å². The molecule has 2 aromatic heterocycles. The van der Waals surface area contributed by atoms with Gasteiger partial charge < -0.3 is 4.74 Å². The maximum atomic E-state index is 12.1. The average Bonchev–Trinajstić information content (AvgIpc) is 3.19. The zero-order chi connectivity index (χ0) is 21.8. The number of nitro groups is 1. The summed E-state index contributed by atoms with van der Waals surface area (Å²) in [5, 5.41) is 11.6.